The second kappa shape index (κ2) is 6.00. The van der Waals surface area contributed by atoms with E-state index >= 15 is 0 Å². The number of likely N-dealkylation sites (tertiary alicyclic amines) is 1. The van der Waals surface area contributed by atoms with Crippen molar-refractivity contribution in [2.45, 2.75) is 59.1 Å². The van der Waals surface area contributed by atoms with Gasteiger partial charge in [0.05, 0.1) is 6.10 Å². The first-order valence-electron chi connectivity index (χ1n) is 8.38. The van der Waals surface area contributed by atoms with Gasteiger partial charge >= 0.3 is 0 Å². The number of fused-ring (bicyclic) bond motifs is 1. The van der Waals surface area contributed by atoms with Crippen LogP contribution in [0.3, 0.4) is 0 Å². The lowest BCUT2D eigenvalue weighted by Crippen LogP contribution is -2.37. The molecule has 2 atom stereocenters. The van der Waals surface area contributed by atoms with Gasteiger partial charge in [0.15, 0.2) is 5.76 Å². The topological polar surface area (TPSA) is 53.7 Å². The third kappa shape index (κ3) is 2.76. The maximum atomic E-state index is 13.0. The molecule has 3 rings (SSSR count). The average Bonchev–Trinajstić information content (AvgIpc) is 3.07. The largest absolute Gasteiger partial charge is 0.450 e. The van der Waals surface area contributed by atoms with Crippen LogP contribution < -0.4 is 0 Å². The molecule has 124 valence electrons. The van der Waals surface area contributed by atoms with Crippen LogP contribution >= 0.6 is 0 Å². The van der Waals surface area contributed by atoms with E-state index < -0.39 is 6.10 Å². The Morgan fingerprint density at radius 3 is 2.70 bits per heavy atom. The van der Waals surface area contributed by atoms with Crippen molar-refractivity contribution in [1.29, 1.82) is 0 Å². The van der Waals surface area contributed by atoms with Gasteiger partial charge < -0.3 is 14.4 Å². The van der Waals surface area contributed by atoms with Crippen LogP contribution in [0.25, 0.3) is 11.0 Å². The molecule has 1 aromatic carbocycles. The summed E-state index contributed by atoms with van der Waals surface area (Å²) in [6.45, 7) is 8.53. The van der Waals surface area contributed by atoms with Gasteiger partial charge in [0, 0.05) is 23.5 Å². The number of aryl methyl sites for hydroxylation is 3. The fourth-order valence-corrected chi connectivity index (χ4v) is 3.75. The zero-order valence-corrected chi connectivity index (χ0v) is 14.3. The number of rotatable bonds is 3. The molecule has 0 radical (unpaired) electrons. The molecule has 2 aromatic rings. The molecule has 4 nitrogen and oxygen atoms in total. The van der Waals surface area contributed by atoms with Crippen LogP contribution in [0.15, 0.2) is 16.5 Å². The van der Waals surface area contributed by atoms with Gasteiger partial charge in [-0.25, -0.2) is 0 Å². The summed E-state index contributed by atoms with van der Waals surface area (Å²) in [5.74, 6) is 0.413. The van der Waals surface area contributed by atoms with Crippen LogP contribution in [0.5, 0.6) is 0 Å². The van der Waals surface area contributed by atoms with E-state index in [-0.39, 0.29) is 11.9 Å². The van der Waals surface area contributed by atoms with Crippen molar-refractivity contribution >= 4 is 16.9 Å². The molecule has 2 heterocycles. The van der Waals surface area contributed by atoms with Gasteiger partial charge in [-0.15, -0.1) is 0 Å². The van der Waals surface area contributed by atoms with Crippen molar-refractivity contribution in [3.05, 3.63) is 34.6 Å². The quantitative estimate of drug-likeness (QED) is 0.939. The van der Waals surface area contributed by atoms with Gasteiger partial charge in [-0.05, 0) is 58.1 Å². The van der Waals surface area contributed by atoms with Crippen LogP contribution in [-0.2, 0) is 0 Å². The number of aliphatic hydroxyl groups excluding tert-OH is 1. The number of carbonyl (C=O) groups excluding carboxylic acids is 1. The third-order valence-electron chi connectivity index (χ3n) is 4.93. The second-order valence-electron chi connectivity index (χ2n) is 6.84. The normalized spacial score (nSPS) is 19.5. The number of hydrogen-bond acceptors (Lipinski definition) is 3. The Labute approximate surface area is 137 Å². The van der Waals surface area contributed by atoms with E-state index in [1.807, 2.05) is 31.7 Å². The van der Waals surface area contributed by atoms with Crippen molar-refractivity contribution in [2.24, 2.45) is 0 Å². The molecule has 4 heteroatoms. The number of aliphatic hydroxyl groups is 1. The first-order valence-corrected chi connectivity index (χ1v) is 8.38. The van der Waals surface area contributed by atoms with Gasteiger partial charge in [0.2, 0.25) is 0 Å². The molecule has 1 aromatic heterocycles. The Morgan fingerprint density at radius 1 is 1.35 bits per heavy atom. The van der Waals surface area contributed by atoms with Crippen LogP contribution in [0.2, 0.25) is 0 Å². The predicted octanol–water partition coefficient (Wildman–Crippen LogP) is 3.73. The highest BCUT2D eigenvalue weighted by molar-refractivity contribution is 6.00. The Balaban J connectivity index is 2.00. The zero-order chi connectivity index (χ0) is 16.7. The van der Waals surface area contributed by atoms with E-state index in [1.165, 1.54) is 0 Å². The molecule has 0 spiro atoms. The summed E-state index contributed by atoms with van der Waals surface area (Å²) < 4.78 is 5.98. The first kappa shape index (κ1) is 16.1. The summed E-state index contributed by atoms with van der Waals surface area (Å²) in [6.07, 6.45) is 2.17. The highest BCUT2D eigenvalue weighted by atomic mass is 16.3. The van der Waals surface area contributed by atoms with Crippen molar-refractivity contribution < 1.29 is 14.3 Å². The highest BCUT2D eigenvalue weighted by Gasteiger charge is 2.33. The van der Waals surface area contributed by atoms with Gasteiger partial charge in [-0.3, -0.25) is 4.79 Å². The molecule has 1 amide bonds. The standard InChI is InChI=1S/C19H25NO3/c1-11-7-8-12(2)17-16(11)14(4)18(23-17)19(22)20-9-5-6-15(20)10-13(3)21/h7-8,13,15,21H,5-6,9-10H2,1-4H3. The average molecular weight is 315 g/mol. The summed E-state index contributed by atoms with van der Waals surface area (Å²) in [5.41, 5.74) is 3.92. The lowest BCUT2D eigenvalue weighted by molar-refractivity contribution is 0.0652. The molecular weight excluding hydrogens is 290 g/mol. The zero-order valence-electron chi connectivity index (χ0n) is 14.3. The second-order valence-corrected chi connectivity index (χ2v) is 6.84. The number of benzene rings is 1. The van der Waals surface area contributed by atoms with Gasteiger partial charge in [0.25, 0.3) is 5.91 Å². The Kier molecular flexibility index (Phi) is 4.19. The van der Waals surface area contributed by atoms with Crippen molar-refractivity contribution in [3.8, 4) is 0 Å². The molecule has 1 fully saturated rings. The van der Waals surface area contributed by atoms with E-state index in [2.05, 4.69) is 6.07 Å². The van der Waals surface area contributed by atoms with Crippen molar-refractivity contribution in [2.75, 3.05) is 6.54 Å². The van der Waals surface area contributed by atoms with E-state index in [9.17, 15) is 9.90 Å². The lowest BCUT2D eigenvalue weighted by atomic mass is 10.0. The molecule has 0 aliphatic carbocycles. The molecule has 1 aliphatic rings. The highest BCUT2D eigenvalue weighted by Crippen LogP contribution is 2.33. The van der Waals surface area contributed by atoms with Gasteiger partial charge in [-0.1, -0.05) is 12.1 Å². The molecule has 1 saturated heterocycles. The van der Waals surface area contributed by atoms with Crippen LogP contribution in [0, 0.1) is 20.8 Å². The maximum absolute atomic E-state index is 13.0. The predicted molar refractivity (Wildman–Crippen MR) is 90.8 cm³/mol. The van der Waals surface area contributed by atoms with Crippen LogP contribution in [-0.4, -0.2) is 34.6 Å². The van der Waals surface area contributed by atoms with Gasteiger partial charge in [0.1, 0.15) is 5.58 Å². The minimum atomic E-state index is -0.394. The molecule has 0 bridgehead atoms. The summed E-state index contributed by atoms with van der Waals surface area (Å²) >= 11 is 0. The Morgan fingerprint density at radius 2 is 2.04 bits per heavy atom. The van der Waals surface area contributed by atoms with Crippen molar-refractivity contribution in [1.82, 2.24) is 4.90 Å². The van der Waals surface area contributed by atoms with Crippen molar-refractivity contribution in [3.63, 3.8) is 0 Å². The third-order valence-corrected chi connectivity index (χ3v) is 4.93. The summed E-state index contributed by atoms with van der Waals surface area (Å²) in [7, 11) is 0. The SMILES string of the molecule is Cc1ccc(C)c2c(C)c(C(=O)N3CCCC3CC(C)O)oc12. The number of hydrogen-bond donors (Lipinski definition) is 1. The van der Waals surface area contributed by atoms with Gasteiger partial charge in [-0.2, -0.15) is 0 Å². The van der Waals surface area contributed by atoms with Crippen LogP contribution in [0.4, 0.5) is 0 Å². The number of nitrogens with zero attached hydrogens (tertiary/aromatic N) is 1. The Hall–Kier alpha value is -1.81. The first-order chi connectivity index (χ1) is 10.9. The fourth-order valence-electron chi connectivity index (χ4n) is 3.75. The molecule has 0 saturated carbocycles. The smallest absolute Gasteiger partial charge is 0.290 e. The number of carbonyl (C=O) groups is 1. The molecule has 23 heavy (non-hydrogen) atoms. The molecule has 1 aliphatic heterocycles. The van der Waals surface area contributed by atoms with Crippen LogP contribution in [0.1, 0.15) is 53.4 Å². The van der Waals surface area contributed by atoms with E-state index in [1.54, 1.807) is 6.92 Å². The number of furan rings is 1. The minimum Gasteiger partial charge on any atom is -0.450 e. The number of amides is 1. The van der Waals surface area contributed by atoms with E-state index in [0.717, 1.165) is 47.0 Å². The maximum Gasteiger partial charge on any atom is 0.290 e. The molecule has 2 unspecified atom stereocenters. The van der Waals surface area contributed by atoms with E-state index in [0.29, 0.717) is 12.2 Å². The lowest BCUT2D eigenvalue weighted by Gasteiger charge is -2.25. The monoisotopic (exact) mass is 315 g/mol. The minimum absolute atomic E-state index is 0.0411. The fraction of sp³-hybridized carbons (Fsp3) is 0.526. The summed E-state index contributed by atoms with van der Waals surface area (Å²) in [4.78, 5) is 14.9. The molecule has 1 N–H and O–H groups in total. The summed E-state index contributed by atoms with van der Waals surface area (Å²) in [6, 6.07) is 4.21. The Bertz CT molecular complexity index is 745. The molecular formula is C19H25NO3. The summed E-state index contributed by atoms with van der Waals surface area (Å²) in [5, 5.41) is 10.7. The van der Waals surface area contributed by atoms with E-state index in [4.69, 9.17) is 4.42 Å².